The molecule has 1 saturated heterocycles. The molecular weight excluding hydrogens is 1010 g/mol. The topological polar surface area (TPSA) is 175 Å². The first kappa shape index (κ1) is 76.6. The highest BCUT2D eigenvalue weighted by Gasteiger charge is 2.44. The molecule has 11 nitrogen and oxygen atoms in total. The van der Waals surface area contributed by atoms with Gasteiger partial charge in [0.2, 0.25) is 5.91 Å². The van der Waals surface area contributed by atoms with Gasteiger partial charge >= 0.3 is 5.97 Å². The number of hydrogen-bond acceptors (Lipinski definition) is 10. The minimum Gasteiger partial charge on any atom is -0.466 e. The average Bonchev–Trinajstić information content (AvgIpc) is 3.51. The number of ether oxygens (including phenoxy) is 3. The number of carbonyl (C=O) groups is 2. The number of nitrogens with one attached hydrogen (secondary N) is 1. The van der Waals surface area contributed by atoms with Crippen LogP contribution in [0.1, 0.15) is 322 Å². The van der Waals surface area contributed by atoms with Gasteiger partial charge in [-0.05, 0) is 89.9 Å². The van der Waals surface area contributed by atoms with E-state index in [0.717, 1.165) is 64.2 Å². The maximum Gasteiger partial charge on any atom is 0.305 e. The van der Waals surface area contributed by atoms with E-state index in [2.05, 4.69) is 55.6 Å². The van der Waals surface area contributed by atoms with Crippen molar-refractivity contribution < 1.29 is 49.3 Å². The van der Waals surface area contributed by atoms with Gasteiger partial charge in [-0.3, -0.25) is 9.59 Å². The zero-order valence-corrected chi connectivity index (χ0v) is 52.5. The summed E-state index contributed by atoms with van der Waals surface area (Å²) in [5.74, 6) is -0.189. The molecule has 0 bridgehead atoms. The van der Waals surface area contributed by atoms with Crippen molar-refractivity contribution in [2.24, 2.45) is 0 Å². The van der Waals surface area contributed by atoms with E-state index in [1.807, 2.05) is 6.08 Å². The molecular formula is C70H129NO10. The lowest BCUT2D eigenvalue weighted by Gasteiger charge is -2.40. The summed E-state index contributed by atoms with van der Waals surface area (Å²) < 4.78 is 16.7. The summed E-state index contributed by atoms with van der Waals surface area (Å²) in [7, 11) is 0. The van der Waals surface area contributed by atoms with Crippen LogP contribution in [0.4, 0.5) is 0 Å². The maximum absolute atomic E-state index is 13.1. The summed E-state index contributed by atoms with van der Waals surface area (Å²) in [5, 5.41) is 54.4. The summed E-state index contributed by atoms with van der Waals surface area (Å²) >= 11 is 0. The third-order valence-corrected chi connectivity index (χ3v) is 16.2. The molecule has 1 aliphatic heterocycles. The fraction of sp³-hybridized carbons (Fsp3) is 0.857. The quantitative estimate of drug-likeness (QED) is 0.0195. The van der Waals surface area contributed by atoms with Crippen LogP contribution in [-0.4, -0.2) is 100 Å². The molecule has 0 aromatic carbocycles. The predicted octanol–water partition coefficient (Wildman–Crippen LogP) is 17.2. The lowest BCUT2D eigenvalue weighted by molar-refractivity contribution is -0.302. The van der Waals surface area contributed by atoms with E-state index in [4.69, 9.17) is 14.2 Å². The van der Waals surface area contributed by atoms with Crippen LogP contribution >= 0.6 is 0 Å². The van der Waals surface area contributed by atoms with Gasteiger partial charge in [-0.2, -0.15) is 0 Å². The van der Waals surface area contributed by atoms with Crippen molar-refractivity contribution in [3.05, 3.63) is 48.6 Å². The molecule has 0 aliphatic carbocycles. The largest absolute Gasteiger partial charge is 0.466 e. The van der Waals surface area contributed by atoms with E-state index in [-0.39, 0.29) is 18.5 Å². The van der Waals surface area contributed by atoms with E-state index >= 15 is 0 Å². The van der Waals surface area contributed by atoms with E-state index in [1.165, 1.54) is 231 Å². The number of rotatable bonds is 60. The van der Waals surface area contributed by atoms with Crippen molar-refractivity contribution in [3.63, 3.8) is 0 Å². The molecule has 1 rings (SSSR count). The number of aliphatic hydroxyl groups excluding tert-OH is 5. The molecule has 0 saturated carbocycles. The van der Waals surface area contributed by atoms with Crippen molar-refractivity contribution in [2.45, 2.75) is 365 Å². The number of amides is 1. The molecule has 1 aliphatic rings. The summed E-state index contributed by atoms with van der Waals surface area (Å²) in [6.45, 7) is 4.33. The zero-order chi connectivity index (χ0) is 58.7. The molecule has 0 aromatic rings. The third kappa shape index (κ3) is 48.5. The van der Waals surface area contributed by atoms with Crippen molar-refractivity contribution in [1.29, 1.82) is 0 Å². The van der Waals surface area contributed by atoms with Gasteiger partial charge < -0.3 is 45.1 Å². The van der Waals surface area contributed by atoms with Crippen LogP contribution in [0, 0.1) is 0 Å². The second-order valence-electron chi connectivity index (χ2n) is 23.9. The van der Waals surface area contributed by atoms with Crippen LogP contribution in [0.5, 0.6) is 0 Å². The van der Waals surface area contributed by atoms with Crippen molar-refractivity contribution in [1.82, 2.24) is 5.32 Å². The number of unbranched alkanes of at least 4 members (excludes halogenated alkanes) is 40. The number of carbonyl (C=O) groups excluding carboxylic acids is 2. The monoisotopic (exact) mass is 1140 g/mol. The lowest BCUT2D eigenvalue weighted by Crippen LogP contribution is -2.60. The minimum absolute atomic E-state index is 0.00696. The van der Waals surface area contributed by atoms with Crippen LogP contribution in [0.25, 0.3) is 0 Å². The standard InChI is InChI=1S/C70H129NO10/c1-3-5-7-9-11-13-15-36-40-44-48-52-56-63(73)62(61-80-70-69(78)68(77)67(76)64(60-72)81-70)71-65(74)57-53-49-45-41-37-34-32-30-28-26-24-22-20-18-17-19-21-23-25-27-29-31-33-35-39-43-47-51-55-59-79-66(75)58-54-50-46-42-38-16-14-12-10-8-6-4-2/h12,14,17,19,23,25,52,56,62-64,67-70,72-73,76-78H,3-11,13,15-16,18,20-22,24,26-51,53-55,57-61H2,1-2H3,(H,71,74)/b14-12-,19-17-,25-23-,56-52+. The third-order valence-electron chi connectivity index (χ3n) is 16.2. The molecule has 474 valence electrons. The lowest BCUT2D eigenvalue weighted by atomic mass is 9.99. The summed E-state index contributed by atoms with van der Waals surface area (Å²) in [5.41, 5.74) is 0. The smallest absolute Gasteiger partial charge is 0.305 e. The van der Waals surface area contributed by atoms with Crippen LogP contribution < -0.4 is 5.32 Å². The highest BCUT2D eigenvalue weighted by atomic mass is 16.7. The normalized spacial score (nSPS) is 18.5. The van der Waals surface area contributed by atoms with E-state index < -0.39 is 49.5 Å². The van der Waals surface area contributed by atoms with Crippen molar-refractivity contribution in [3.8, 4) is 0 Å². The Morgan fingerprint density at radius 3 is 1.28 bits per heavy atom. The fourth-order valence-corrected chi connectivity index (χ4v) is 10.7. The van der Waals surface area contributed by atoms with Crippen molar-refractivity contribution >= 4 is 11.9 Å². The Labute approximate surface area is 497 Å². The van der Waals surface area contributed by atoms with Gasteiger partial charge in [-0.1, -0.05) is 268 Å². The zero-order valence-electron chi connectivity index (χ0n) is 52.5. The van der Waals surface area contributed by atoms with Crippen LogP contribution in [0.2, 0.25) is 0 Å². The Hall–Kier alpha value is -2.38. The number of allylic oxidation sites excluding steroid dienone is 7. The van der Waals surface area contributed by atoms with Gasteiger partial charge in [-0.25, -0.2) is 0 Å². The molecule has 81 heavy (non-hydrogen) atoms. The molecule has 1 heterocycles. The molecule has 7 unspecified atom stereocenters. The minimum atomic E-state index is -1.57. The number of aliphatic hydroxyl groups is 5. The summed E-state index contributed by atoms with van der Waals surface area (Å²) in [6, 6.07) is -0.811. The summed E-state index contributed by atoms with van der Waals surface area (Å²) in [4.78, 5) is 25.1. The maximum atomic E-state index is 13.1. The Morgan fingerprint density at radius 1 is 0.457 bits per heavy atom. The molecule has 7 atom stereocenters. The first-order chi connectivity index (χ1) is 39.7. The first-order valence-electron chi connectivity index (χ1n) is 34.4. The second-order valence-corrected chi connectivity index (χ2v) is 23.9. The van der Waals surface area contributed by atoms with E-state index in [0.29, 0.717) is 19.4 Å². The Morgan fingerprint density at radius 2 is 0.827 bits per heavy atom. The van der Waals surface area contributed by atoms with Gasteiger partial charge in [0.1, 0.15) is 24.4 Å². The van der Waals surface area contributed by atoms with Crippen LogP contribution in [0.15, 0.2) is 48.6 Å². The SMILES string of the molecule is CCCCC/C=C\CCCCCCCC(=O)OCCCCCCCCCCC/C=C\C/C=C\CCCCCCCCCCCCCCCC(=O)NC(COC1OC(CO)C(O)C(O)C1O)C(O)/C=C/CCCCCCCCCCCC. The first-order valence-corrected chi connectivity index (χ1v) is 34.4. The van der Waals surface area contributed by atoms with Gasteiger partial charge in [0.25, 0.3) is 0 Å². The molecule has 0 spiro atoms. The van der Waals surface area contributed by atoms with Crippen molar-refractivity contribution in [2.75, 3.05) is 19.8 Å². The second kappa shape index (κ2) is 59.4. The average molecular weight is 1140 g/mol. The van der Waals surface area contributed by atoms with Crippen LogP contribution in [0.3, 0.4) is 0 Å². The molecule has 0 aromatic heterocycles. The highest BCUT2D eigenvalue weighted by molar-refractivity contribution is 5.76. The van der Waals surface area contributed by atoms with Gasteiger partial charge in [0, 0.05) is 12.8 Å². The van der Waals surface area contributed by atoms with Gasteiger partial charge in [0.05, 0.1) is 32.0 Å². The predicted molar refractivity (Wildman–Crippen MR) is 338 cm³/mol. The van der Waals surface area contributed by atoms with E-state index in [9.17, 15) is 35.1 Å². The Kier molecular flexibility index (Phi) is 56.2. The van der Waals surface area contributed by atoms with Gasteiger partial charge in [-0.15, -0.1) is 0 Å². The van der Waals surface area contributed by atoms with Crippen LogP contribution in [-0.2, 0) is 23.8 Å². The highest BCUT2D eigenvalue weighted by Crippen LogP contribution is 2.23. The Balaban J connectivity index is 1.99. The Bertz CT molecular complexity index is 1480. The molecule has 1 fully saturated rings. The molecule has 1 amide bonds. The molecule has 6 N–H and O–H groups in total. The van der Waals surface area contributed by atoms with E-state index in [1.54, 1.807) is 6.08 Å². The number of hydrogen-bond donors (Lipinski definition) is 6. The molecule has 11 heteroatoms. The fourth-order valence-electron chi connectivity index (χ4n) is 10.7. The van der Waals surface area contributed by atoms with Gasteiger partial charge in [0.15, 0.2) is 6.29 Å². The molecule has 0 radical (unpaired) electrons. The number of esters is 1. The summed E-state index contributed by atoms with van der Waals surface area (Å²) in [6.07, 6.45) is 66.6.